The SMILES string of the molecule is CC(=O)Nc1cccc(NC(=O)c2ccc(Cc3c(C)c(C)c(C)c(C)c3C)o2)c1. The molecule has 3 rings (SSSR count). The van der Waals surface area contributed by atoms with E-state index >= 15 is 0 Å². The molecule has 0 unspecified atom stereocenters. The summed E-state index contributed by atoms with van der Waals surface area (Å²) in [6.45, 7) is 12.2. The van der Waals surface area contributed by atoms with Gasteiger partial charge in [-0.15, -0.1) is 0 Å². The number of hydrogen-bond acceptors (Lipinski definition) is 3. The fourth-order valence-corrected chi connectivity index (χ4v) is 3.68. The summed E-state index contributed by atoms with van der Waals surface area (Å²) in [6, 6.07) is 10.5. The molecular weight excluding hydrogens is 376 g/mol. The normalized spacial score (nSPS) is 10.7. The van der Waals surface area contributed by atoms with Gasteiger partial charge in [0.1, 0.15) is 5.76 Å². The van der Waals surface area contributed by atoms with Crippen molar-refractivity contribution >= 4 is 23.2 Å². The van der Waals surface area contributed by atoms with Crippen LogP contribution in [0.3, 0.4) is 0 Å². The van der Waals surface area contributed by atoms with Crippen molar-refractivity contribution in [1.29, 1.82) is 0 Å². The quantitative estimate of drug-likeness (QED) is 0.579. The molecule has 3 aromatic rings. The van der Waals surface area contributed by atoms with Gasteiger partial charge in [-0.3, -0.25) is 9.59 Å². The van der Waals surface area contributed by atoms with Crippen molar-refractivity contribution in [1.82, 2.24) is 0 Å². The lowest BCUT2D eigenvalue weighted by Crippen LogP contribution is -2.11. The molecule has 0 spiro atoms. The maximum atomic E-state index is 12.6. The topological polar surface area (TPSA) is 71.3 Å². The molecule has 1 heterocycles. The van der Waals surface area contributed by atoms with E-state index in [1.165, 1.54) is 40.3 Å². The van der Waals surface area contributed by atoms with Crippen molar-refractivity contribution in [3.05, 3.63) is 81.3 Å². The van der Waals surface area contributed by atoms with Crippen molar-refractivity contribution in [3.63, 3.8) is 0 Å². The Morgan fingerprint density at radius 3 is 1.97 bits per heavy atom. The largest absolute Gasteiger partial charge is 0.456 e. The first-order valence-electron chi connectivity index (χ1n) is 10.0. The molecule has 0 radical (unpaired) electrons. The van der Waals surface area contributed by atoms with Crippen LogP contribution in [0.1, 0.15) is 56.6 Å². The lowest BCUT2D eigenvalue weighted by atomic mass is 9.88. The van der Waals surface area contributed by atoms with Crippen LogP contribution >= 0.6 is 0 Å². The van der Waals surface area contributed by atoms with Gasteiger partial charge in [0, 0.05) is 24.7 Å². The fraction of sp³-hybridized carbons (Fsp3) is 0.280. The van der Waals surface area contributed by atoms with E-state index in [9.17, 15) is 9.59 Å². The van der Waals surface area contributed by atoms with Gasteiger partial charge in [-0.05, 0) is 98.3 Å². The van der Waals surface area contributed by atoms with Gasteiger partial charge in [0.2, 0.25) is 5.91 Å². The summed E-state index contributed by atoms with van der Waals surface area (Å²) in [6.07, 6.45) is 0.644. The molecule has 0 fully saturated rings. The second-order valence-corrected chi connectivity index (χ2v) is 7.76. The van der Waals surface area contributed by atoms with Crippen molar-refractivity contribution in [3.8, 4) is 0 Å². The van der Waals surface area contributed by atoms with Crippen LogP contribution in [-0.4, -0.2) is 11.8 Å². The third-order valence-electron chi connectivity index (χ3n) is 5.83. The number of benzene rings is 2. The van der Waals surface area contributed by atoms with Crippen LogP contribution in [0.4, 0.5) is 11.4 Å². The molecule has 2 aromatic carbocycles. The number of amides is 2. The number of carbonyl (C=O) groups excluding carboxylic acids is 2. The molecule has 0 saturated heterocycles. The Morgan fingerprint density at radius 1 is 0.800 bits per heavy atom. The van der Waals surface area contributed by atoms with Crippen LogP contribution in [0.15, 0.2) is 40.8 Å². The summed E-state index contributed by atoms with van der Waals surface area (Å²) in [4.78, 5) is 23.8. The Hall–Kier alpha value is -3.34. The second-order valence-electron chi connectivity index (χ2n) is 7.76. The summed E-state index contributed by atoms with van der Waals surface area (Å²) < 4.78 is 5.85. The maximum Gasteiger partial charge on any atom is 0.291 e. The van der Waals surface area contributed by atoms with Crippen LogP contribution in [0.2, 0.25) is 0 Å². The van der Waals surface area contributed by atoms with Gasteiger partial charge in [-0.1, -0.05) is 6.07 Å². The van der Waals surface area contributed by atoms with E-state index in [0.29, 0.717) is 17.8 Å². The average molecular weight is 405 g/mol. The Balaban J connectivity index is 1.77. The van der Waals surface area contributed by atoms with Gasteiger partial charge in [0.25, 0.3) is 5.91 Å². The third kappa shape index (κ3) is 4.46. The molecule has 30 heavy (non-hydrogen) atoms. The van der Waals surface area contributed by atoms with Gasteiger partial charge in [-0.2, -0.15) is 0 Å². The minimum absolute atomic E-state index is 0.165. The zero-order chi connectivity index (χ0) is 22.0. The van der Waals surface area contributed by atoms with E-state index in [0.717, 1.165) is 5.76 Å². The van der Waals surface area contributed by atoms with Crippen molar-refractivity contribution in [2.45, 2.75) is 48.0 Å². The average Bonchev–Trinajstić information content (AvgIpc) is 3.17. The highest BCUT2D eigenvalue weighted by Crippen LogP contribution is 2.28. The monoisotopic (exact) mass is 404 g/mol. The van der Waals surface area contributed by atoms with E-state index in [4.69, 9.17) is 4.42 Å². The molecule has 2 amide bonds. The molecule has 2 N–H and O–H groups in total. The zero-order valence-electron chi connectivity index (χ0n) is 18.4. The summed E-state index contributed by atoms with van der Waals surface area (Å²) in [5, 5.41) is 5.51. The van der Waals surface area contributed by atoms with Gasteiger partial charge in [0.05, 0.1) is 0 Å². The highest BCUT2D eigenvalue weighted by atomic mass is 16.3. The number of furan rings is 1. The number of carbonyl (C=O) groups is 2. The fourth-order valence-electron chi connectivity index (χ4n) is 3.68. The minimum atomic E-state index is -0.328. The Labute approximate surface area is 177 Å². The number of hydrogen-bond donors (Lipinski definition) is 2. The highest BCUT2D eigenvalue weighted by Gasteiger charge is 2.16. The van der Waals surface area contributed by atoms with Gasteiger partial charge >= 0.3 is 0 Å². The van der Waals surface area contributed by atoms with E-state index in [-0.39, 0.29) is 17.6 Å². The van der Waals surface area contributed by atoms with E-state index < -0.39 is 0 Å². The van der Waals surface area contributed by atoms with Crippen LogP contribution in [-0.2, 0) is 11.2 Å². The lowest BCUT2D eigenvalue weighted by Gasteiger charge is -2.18. The van der Waals surface area contributed by atoms with Crippen molar-refractivity contribution < 1.29 is 14.0 Å². The molecule has 1 aromatic heterocycles. The maximum absolute atomic E-state index is 12.6. The van der Waals surface area contributed by atoms with Crippen molar-refractivity contribution in [2.24, 2.45) is 0 Å². The van der Waals surface area contributed by atoms with Gasteiger partial charge < -0.3 is 15.1 Å². The highest BCUT2D eigenvalue weighted by molar-refractivity contribution is 6.02. The summed E-state index contributed by atoms with van der Waals surface area (Å²) in [5.41, 5.74) is 8.93. The third-order valence-corrected chi connectivity index (χ3v) is 5.83. The molecule has 0 aliphatic rings. The second kappa shape index (κ2) is 8.57. The standard InChI is InChI=1S/C25H28N2O3/c1-14-15(2)17(4)23(18(5)16(14)3)13-22-10-11-24(30-22)25(29)27-21-9-7-8-20(12-21)26-19(6)28/h7-12H,13H2,1-6H3,(H,26,28)(H,27,29). The molecule has 0 saturated carbocycles. The first-order chi connectivity index (χ1) is 14.2. The Bertz CT molecular complexity index is 1100. The molecule has 0 aliphatic heterocycles. The van der Waals surface area contributed by atoms with E-state index in [1.807, 2.05) is 6.07 Å². The Kier molecular flexibility index (Phi) is 6.11. The Morgan fingerprint density at radius 2 is 1.37 bits per heavy atom. The minimum Gasteiger partial charge on any atom is -0.456 e. The molecule has 0 aliphatic carbocycles. The first-order valence-corrected chi connectivity index (χ1v) is 10.0. The van der Waals surface area contributed by atoms with Crippen LogP contribution in [0.5, 0.6) is 0 Å². The molecule has 5 nitrogen and oxygen atoms in total. The van der Waals surface area contributed by atoms with Crippen LogP contribution in [0.25, 0.3) is 0 Å². The molecule has 0 atom stereocenters. The predicted molar refractivity (Wildman–Crippen MR) is 120 cm³/mol. The number of rotatable bonds is 5. The first kappa shape index (κ1) is 21.4. The lowest BCUT2D eigenvalue weighted by molar-refractivity contribution is -0.114. The predicted octanol–water partition coefficient (Wildman–Crippen LogP) is 5.62. The van der Waals surface area contributed by atoms with Gasteiger partial charge in [0.15, 0.2) is 5.76 Å². The van der Waals surface area contributed by atoms with E-state index in [1.54, 1.807) is 30.3 Å². The number of anilines is 2. The van der Waals surface area contributed by atoms with Crippen LogP contribution in [0, 0.1) is 34.6 Å². The molecular formula is C25H28N2O3. The molecule has 156 valence electrons. The van der Waals surface area contributed by atoms with Gasteiger partial charge in [-0.25, -0.2) is 0 Å². The number of nitrogens with one attached hydrogen (secondary N) is 2. The molecule has 0 bridgehead atoms. The summed E-state index contributed by atoms with van der Waals surface area (Å²) in [7, 11) is 0. The van der Waals surface area contributed by atoms with E-state index in [2.05, 4.69) is 45.3 Å². The molecule has 5 heteroatoms. The zero-order valence-corrected chi connectivity index (χ0v) is 18.4. The summed E-state index contributed by atoms with van der Waals surface area (Å²) >= 11 is 0. The summed E-state index contributed by atoms with van der Waals surface area (Å²) in [5.74, 6) is 0.513. The van der Waals surface area contributed by atoms with Crippen molar-refractivity contribution in [2.75, 3.05) is 10.6 Å². The smallest absolute Gasteiger partial charge is 0.291 e. The van der Waals surface area contributed by atoms with Crippen LogP contribution < -0.4 is 10.6 Å².